The molecule has 1 aromatic carbocycles. The molecule has 5 nitrogen and oxygen atoms in total. The molecule has 8 heteroatoms. The van der Waals surface area contributed by atoms with Gasteiger partial charge in [-0.15, -0.1) is 0 Å². The Balaban J connectivity index is 1.70. The number of rotatable bonds is 3. The molecule has 24 heavy (non-hydrogen) atoms. The summed E-state index contributed by atoms with van der Waals surface area (Å²) >= 11 is 0. The highest BCUT2D eigenvalue weighted by molar-refractivity contribution is 5.98. The van der Waals surface area contributed by atoms with Crippen molar-refractivity contribution < 1.29 is 27.9 Å². The molecule has 0 radical (unpaired) electrons. The number of anilines is 1. The molecule has 1 saturated carbocycles. The number of aliphatic hydroxyl groups is 1. The Bertz CT molecular complexity index is 673. The average molecular weight is 342 g/mol. The number of carbonyl (C=O) groups is 2. The quantitative estimate of drug-likeness (QED) is 0.885. The zero-order valence-electron chi connectivity index (χ0n) is 12.8. The molecule has 1 atom stereocenters. The Labute approximate surface area is 136 Å². The van der Waals surface area contributed by atoms with Crippen LogP contribution in [-0.4, -0.2) is 46.7 Å². The number of hydrogen-bond donors (Lipinski definition) is 2. The summed E-state index contributed by atoms with van der Waals surface area (Å²) in [6.07, 6.45) is -3.63. The molecule has 2 fully saturated rings. The maximum absolute atomic E-state index is 12.8. The van der Waals surface area contributed by atoms with E-state index in [9.17, 15) is 27.9 Å². The lowest BCUT2D eigenvalue weighted by molar-refractivity contribution is -0.253. The van der Waals surface area contributed by atoms with Crippen LogP contribution in [0.1, 0.15) is 29.6 Å². The molecule has 0 bridgehead atoms. The Hall–Kier alpha value is -2.09. The Morgan fingerprint density at radius 3 is 2.58 bits per heavy atom. The van der Waals surface area contributed by atoms with Crippen LogP contribution in [0.25, 0.3) is 0 Å². The Kier molecular flexibility index (Phi) is 4.03. The van der Waals surface area contributed by atoms with Crippen LogP contribution in [0, 0.1) is 5.92 Å². The first-order valence-electron chi connectivity index (χ1n) is 7.69. The number of likely N-dealkylation sites (tertiary alicyclic amines) is 1. The van der Waals surface area contributed by atoms with Gasteiger partial charge in [0.1, 0.15) is 0 Å². The maximum atomic E-state index is 12.8. The van der Waals surface area contributed by atoms with Crippen molar-refractivity contribution in [1.82, 2.24) is 4.90 Å². The van der Waals surface area contributed by atoms with Gasteiger partial charge in [-0.2, -0.15) is 13.2 Å². The van der Waals surface area contributed by atoms with Crippen LogP contribution in [0.4, 0.5) is 18.9 Å². The summed E-state index contributed by atoms with van der Waals surface area (Å²) in [6, 6.07) is 6.09. The van der Waals surface area contributed by atoms with E-state index >= 15 is 0 Å². The minimum atomic E-state index is -4.78. The van der Waals surface area contributed by atoms with Crippen LogP contribution in [-0.2, 0) is 4.79 Å². The largest absolute Gasteiger partial charge is 0.419 e. The lowest BCUT2D eigenvalue weighted by atomic mass is 10.0. The molecule has 2 N–H and O–H groups in total. The van der Waals surface area contributed by atoms with Gasteiger partial charge >= 0.3 is 6.18 Å². The summed E-state index contributed by atoms with van der Waals surface area (Å²) in [4.78, 5) is 25.1. The topological polar surface area (TPSA) is 69.6 Å². The molecule has 1 unspecified atom stereocenters. The van der Waals surface area contributed by atoms with Crippen LogP contribution in [0.15, 0.2) is 24.3 Å². The number of halogens is 3. The van der Waals surface area contributed by atoms with E-state index in [4.69, 9.17) is 0 Å². The monoisotopic (exact) mass is 342 g/mol. The third kappa shape index (κ3) is 3.24. The van der Waals surface area contributed by atoms with E-state index < -0.39 is 30.7 Å². The number of nitrogens with zero attached hydrogens (tertiary/aromatic N) is 1. The van der Waals surface area contributed by atoms with Crippen molar-refractivity contribution in [2.75, 3.05) is 18.4 Å². The molecule has 1 aliphatic heterocycles. The van der Waals surface area contributed by atoms with Crippen molar-refractivity contribution in [3.05, 3.63) is 29.8 Å². The molecule has 3 rings (SSSR count). The van der Waals surface area contributed by atoms with Gasteiger partial charge in [0.15, 0.2) is 5.60 Å². The number of carbonyl (C=O) groups excluding carboxylic acids is 2. The number of nitrogens with one attached hydrogen (secondary N) is 1. The standard InChI is InChI=1S/C16H17F3N2O3/c17-16(18,19)15(24)6-7-21(9-15)14(23)11-2-1-3-12(8-11)20-13(22)10-4-5-10/h1-3,8,10,24H,4-7,9H2,(H,20,22). The van der Waals surface area contributed by atoms with E-state index in [1.165, 1.54) is 12.1 Å². The second-order valence-corrected chi connectivity index (χ2v) is 6.35. The van der Waals surface area contributed by atoms with Crippen LogP contribution in [0.2, 0.25) is 0 Å². The highest BCUT2D eigenvalue weighted by Crippen LogP contribution is 2.38. The normalized spacial score (nSPS) is 24.1. The van der Waals surface area contributed by atoms with Crippen molar-refractivity contribution in [3.8, 4) is 0 Å². The Morgan fingerprint density at radius 2 is 2.00 bits per heavy atom. The molecular weight excluding hydrogens is 325 g/mol. The number of β-amino-alcohol motifs (C(OH)–C–C–N with tert-alkyl or cyclic N) is 1. The summed E-state index contributed by atoms with van der Waals surface area (Å²) in [6.45, 7) is -0.957. The van der Waals surface area contributed by atoms with Crippen LogP contribution >= 0.6 is 0 Å². The zero-order valence-corrected chi connectivity index (χ0v) is 12.8. The maximum Gasteiger partial charge on any atom is 0.419 e. The summed E-state index contributed by atoms with van der Waals surface area (Å²) in [5.41, 5.74) is -2.25. The second kappa shape index (κ2) is 5.77. The molecule has 0 spiro atoms. The van der Waals surface area contributed by atoms with Crippen molar-refractivity contribution >= 4 is 17.5 Å². The molecule has 1 saturated heterocycles. The summed E-state index contributed by atoms with van der Waals surface area (Å²) in [7, 11) is 0. The fraction of sp³-hybridized carbons (Fsp3) is 0.500. The SMILES string of the molecule is O=C(Nc1cccc(C(=O)N2CCC(O)(C(F)(F)F)C2)c1)C1CC1. The van der Waals surface area contributed by atoms with Crippen molar-refractivity contribution in [3.63, 3.8) is 0 Å². The number of hydrogen-bond acceptors (Lipinski definition) is 3. The van der Waals surface area contributed by atoms with Gasteiger partial charge in [-0.05, 0) is 31.0 Å². The number of alkyl halides is 3. The zero-order chi connectivity index (χ0) is 17.5. The van der Waals surface area contributed by atoms with Crippen molar-refractivity contribution in [2.45, 2.75) is 31.0 Å². The molecule has 2 amide bonds. The molecule has 1 heterocycles. The van der Waals surface area contributed by atoms with Crippen molar-refractivity contribution in [1.29, 1.82) is 0 Å². The number of amides is 2. The van der Waals surface area contributed by atoms with Gasteiger partial charge in [0, 0.05) is 30.1 Å². The second-order valence-electron chi connectivity index (χ2n) is 6.35. The van der Waals surface area contributed by atoms with Gasteiger partial charge < -0.3 is 15.3 Å². The minimum absolute atomic E-state index is 0.00438. The molecule has 0 aromatic heterocycles. The van der Waals surface area contributed by atoms with E-state index in [-0.39, 0.29) is 23.9 Å². The molecule has 2 aliphatic rings. The smallest absolute Gasteiger partial charge is 0.379 e. The lowest BCUT2D eigenvalue weighted by Crippen LogP contribution is -2.48. The highest BCUT2D eigenvalue weighted by Gasteiger charge is 2.57. The average Bonchev–Trinajstić information content (AvgIpc) is 3.28. The Morgan fingerprint density at radius 1 is 1.29 bits per heavy atom. The van der Waals surface area contributed by atoms with Crippen LogP contribution in [0.3, 0.4) is 0 Å². The first-order chi connectivity index (χ1) is 11.2. The van der Waals surface area contributed by atoms with Gasteiger partial charge in [0.25, 0.3) is 5.91 Å². The van der Waals surface area contributed by atoms with E-state index in [1.807, 2.05) is 0 Å². The van der Waals surface area contributed by atoms with Gasteiger partial charge in [-0.3, -0.25) is 9.59 Å². The highest BCUT2D eigenvalue weighted by atomic mass is 19.4. The van der Waals surface area contributed by atoms with Gasteiger partial charge in [-0.1, -0.05) is 6.07 Å². The third-order valence-electron chi connectivity index (χ3n) is 4.39. The predicted octanol–water partition coefficient (Wildman–Crippen LogP) is 2.17. The summed E-state index contributed by atoms with van der Waals surface area (Å²) in [5, 5.41) is 12.4. The molecular formula is C16H17F3N2O3. The lowest BCUT2D eigenvalue weighted by Gasteiger charge is -2.26. The molecule has 130 valence electrons. The van der Waals surface area contributed by atoms with Gasteiger partial charge in [0.2, 0.25) is 5.91 Å². The molecule has 1 aromatic rings. The van der Waals surface area contributed by atoms with E-state index in [1.54, 1.807) is 12.1 Å². The van der Waals surface area contributed by atoms with E-state index in [2.05, 4.69) is 5.32 Å². The predicted molar refractivity (Wildman–Crippen MR) is 79.3 cm³/mol. The van der Waals surface area contributed by atoms with Gasteiger partial charge in [0.05, 0.1) is 6.54 Å². The summed E-state index contributed by atoms with van der Waals surface area (Å²) < 4.78 is 38.5. The van der Waals surface area contributed by atoms with E-state index in [0.717, 1.165) is 17.7 Å². The summed E-state index contributed by atoms with van der Waals surface area (Å²) in [5.74, 6) is -0.713. The minimum Gasteiger partial charge on any atom is -0.379 e. The fourth-order valence-electron chi connectivity index (χ4n) is 2.70. The van der Waals surface area contributed by atoms with E-state index in [0.29, 0.717) is 5.69 Å². The number of benzene rings is 1. The van der Waals surface area contributed by atoms with Crippen molar-refractivity contribution in [2.24, 2.45) is 5.92 Å². The fourth-order valence-corrected chi connectivity index (χ4v) is 2.70. The van der Waals surface area contributed by atoms with Gasteiger partial charge in [-0.25, -0.2) is 0 Å². The first-order valence-corrected chi connectivity index (χ1v) is 7.69. The van der Waals surface area contributed by atoms with Crippen LogP contribution in [0.5, 0.6) is 0 Å². The van der Waals surface area contributed by atoms with Crippen LogP contribution < -0.4 is 5.32 Å². The molecule has 1 aliphatic carbocycles. The third-order valence-corrected chi connectivity index (χ3v) is 4.39. The first kappa shape index (κ1) is 16.8.